The van der Waals surface area contributed by atoms with Crippen LogP contribution in [0.15, 0.2) is 10.5 Å². The van der Waals surface area contributed by atoms with E-state index in [0.29, 0.717) is 0 Å². The zero-order chi connectivity index (χ0) is 13.9. The first kappa shape index (κ1) is 15.3. The number of hydrogen-bond donors (Lipinski definition) is 1. The Morgan fingerprint density at radius 2 is 1.78 bits per heavy atom. The monoisotopic (exact) mass is 315 g/mol. The SMILES string of the molecule is CCc1c(CC(C)(C)N)cc(Br)c(OC)c1OC. The normalized spacial score (nSPS) is 11.5. The van der Waals surface area contributed by atoms with Crippen LogP contribution in [0.3, 0.4) is 0 Å². The molecule has 102 valence electrons. The highest BCUT2D eigenvalue weighted by atomic mass is 79.9. The molecule has 0 aliphatic rings. The molecule has 1 aromatic carbocycles. The molecule has 0 unspecified atom stereocenters. The average molecular weight is 316 g/mol. The van der Waals surface area contributed by atoms with E-state index in [2.05, 4.69) is 28.9 Å². The van der Waals surface area contributed by atoms with Crippen LogP contribution >= 0.6 is 15.9 Å². The molecular weight excluding hydrogens is 294 g/mol. The highest BCUT2D eigenvalue weighted by molar-refractivity contribution is 9.10. The van der Waals surface area contributed by atoms with E-state index in [0.717, 1.165) is 34.4 Å². The zero-order valence-electron chi connectivity index (χ0n) is 11.8. The van der Waals surface area contributed by atoms with Crippen LogP contribution in [0.1, 0.15) is 31.9 Å². The van der Waals surface area contributed by atoms with Crippen LogP contribution < -0.4 is 15.2 Å². The van der Waals surface area contributed by atoms with Crippen molar-refractivity contribution in [1.29, 1.82) is 0 Å². The first-order valence-electron chi connectivity index (χ1n) is 6.05. The molecule has 0 saturated carbocycles. The lowest BCUT2D eigenvalue weighted by molar-refractivity contribution is 0.349. The summed E-state index contributed by atoms with van der Waals surface area (Å²) < 4.78 is 11.8. The number of methoxy groups -OCH3 is 2. The number of rotatable bonds is 5. The maximum atomic E-state index is 6.12. The molecule has 2 N–H and O–H groups in total. The van der Waals surface area contributed by atoms with Crippen molar-refractivity contribution in [3.8, 4) is 11.5 Å². The number of halogens is 1. The lowest BCUT2D eigenvalue weighted by Gasteiger charge is -2.23. The number of benzene rings is 1. The first-order chi connectivity index (χ1) is 8.34. The van der Waals surface area contributed by atoms with Gasteiger partial charge in [0.05, 0.1) is 18.7 Å². The summed E-state index contributed by atoms with van der Waals surface area (Å²) in [6.45, 7) is 6.16. The van der Waals surface area contributed by atoms with Gasteiger partial charge in [0.1, 0.15) is 0 Å². The van der Waals surface area contributed by atoms with Gasteiger partial charge in [-0.15, -0.1) is 0 Å². The van der Waals surface area contributed by atoms with E-state index in [1.54, 1.807) is 14.2 Å². The molecule has 0 spiro atoms. The lowest BCUT2D eigenvalue weighted by Crippen LogP contribution is -2.34. The molecule has 0 atom stereocenters. The third-order valence-electron chi connectivity index (χ3n) is 2.79. The van der Waals surface area contributed by atoms with Crippen molar-refractivity contribution in [1.82, 2.24) is 0 Å². The van der Waals surface area contributed by atoms with Gasteiger partial charge in [-0.3, -0.25) is 0 Å². The Morgan fingerprint density at radius 1 is 1.22 bits per heavy atom. The highest BCUT2D eigenvalue weighted by Gasteiger charge is 2.21. The van der Waals surface area contributed by atoms with Crippen molar-refractivity contribution >= 4 is 15.9 Å². The summed E-state index contributed by atoms with van der Waals surface area (Å²) in [5.41, 5.74) is 8.24. The predicted molar refractivity (Wildman–Crippen MR) is 78.6 cm³/mol. The second-order valence-electron chi connectivity index (χ2n) is 5.08. The summed E-state index contributed by atoms with van der Waals surface area (Å²) in [7, 11) is 3.31. The molecule has 0 aromatic heterocycles. The van der Waals surface area contributed by atoms with E-state index in [1.807, 2.05) is 13.8 Å². The van der Waals surface area contributed by atoms with Crippen LogP contribution in [0.5, 0.6) is 11.5 Å². The van der Waals surface area contributed by atoms with Crippen LogP contribution in [0, 0.1) is 0 Å². The van der Waals surface area contributed by atoms with Crippen LogP contribution in [0.4, 0.5) is 0 Å². The summed E-state index contributed by atoms with van der Waals surface area (Å²) in [4.78, 5) is 0. The van der Waals surface area contributed by atoms with E-state index in [1.165, 1.54) is 5.56 Å². The summed E-state index contributed by atoms with van der Waals surface area (Å²) in [5, 5.41) is 0. The second-order valence-corrected chi connectivity index (χ2v) is 5.94. The van der Waals surface area contributed by atoms with Gasteiger partial charge in [0.25, 0.3) is 0 Å². The van der Waals surface area contributed by atoms with E-state index in [-0.39, 0.29) is 5.54 Å². The molecule has 0 saturated heterocycles. The lowest BCUT2D eigenvalue weighted by atomic mass is 9.91. The molecule has 0 amide bonds. The smallest absolute Gasteiger partial charge is 0.175 e. The number of hydrogen-bond acceptors (Lipinski definition) is 3. The maximum Gasteiger partial charge on any atom is 0.175 e. The van der Waals surface area contributed by atoms with Gasteiger partial charge in [0.15, 0.2) is 11.5 Å². The molecule has 0 heterocycles. The van der Waals surface area contributed by atoms with Crippen molar-refractivity contribution < 1.29 is 9.47 Å². The van der Waals surface area contributed by atoms with Gasteiger partial charge in [-0.2, -0.15) is 0 Å². The summed E-state index contributed by atoms with van der Waals surface area (Å²) in [6.07, 6.45) is 1.69. The Morgan fingerprint density at radius 3 is 2.17 bits per heavy atom. The quantitative estimate of drug-likeness (QED) is 0.906. The fourth-order valence-electron chi connectivity index (χ4n) is 2.14. The fourth-order valence-corrected chi connectivity index (χ4v) is 2.76. The van der Waals surface area contributed by atoms with Crippen LogP contribution in [0.2, 0.25) is 0 Å². The molecule has 3 nitrogen and oxygen atoms in total. The molecule has 0 fully saturated rings. The molecular formula is C14H22BrNO2. The van der Waals surface area contributed by atoms with Gasteiger partial charge < -0.3 is 15.2 Å². The first-order valence-corrected chi connectivity index (χ1v) is 6.84. The van der Waals surface area contributed by atoms with Gasteiger partial charge >= 0.3 is 0 Å². The van der Waals surface area contributed by atoms with Crippen LogP contribution in [-0.2, 0) is 12.8 Å². The predicted octanol–water partition coefficient (Wildman–Crippen LogP) is 3.31. The van der Waals surface area contributed by atoms with Crippen molar-refractivity contribution in [2.24, 2.45) is 5.73 Å². The average Bonchev–Trinajstić information content (AvgIpc) is 2.25. The summed E-state index contributed by atoms with van der Waals surface area (Å²) in [6, 6.07) is 2.08. The third-order valence-corrected chi connectivity index (χ3v) is 3.38. The van der Waals surface area contributed by atoms with Crippen molar-refractivity contribution in [3.05, 3.63) is 21.7 Å². The topological polar surface area (TPSA) is 44.5 Å². The summed E-state index contributed by atoms with van der Waals surface area (Å²) >= 11 is 3.52. The van der Waals surface area contributed by atoms with Crippen LogP contribution in [0.25, 0.3) is 0 Å². The molecule has 4 heteroatoms. The van der Waals surface area contributed by atoms with Crippen molar-refractivity contribution in [2.45, 2.75) is 39.2 Å². The van der Waals surface area contributed by atoms with Crippen LogP contribution in [-0.4, -0.2) is 19.8 Å². The Balaban J connectivity index is 3.39. The second kappa shape index (κ2) is 5.93. The Hall–Kier alpha value is -0.740. The van der Waals surface area contributed by atoms with Gasteiger partial charge in [-0.25, -0.2) is 0 Å². The molecule has 0 aliphatic carbocycles. The molecule has 0 aliphatic heterocycles. The van der Waals surface area contributed by atoms with Gasteiger partial charge in [-0.1, -0.05) is 6.92 Å². The van der Waals surface area contributed by atoms with Crippen molar-refractivity contribution in [2.75, 3.05) is 14.2 Å². The van der Waals surface area contributed by atoms with Crippen molar-refractivity contribution in [3.63, 3.8) is 0 Å². The number of ether oxygens (including phenoxy) is 2. The minimum Gasteiger partial charge on any atom is -0.493 e. The van der Waals surface area contributed by atoms with E-state index < -0.39 is 0 Å². The Bertz CT molecular complexity index is 425. The fraction of sp³-hybridized carbons (Fsp3) is 0.571. The minimum absolute atomic E-state index is 0.247. The molecule has 1 aromatic rings. The van der Waals surface area contributed by atoms with Gasteiger partial charge in [0, 0.05) is 11.1 Å². The molecule has 0 bridgehead atoms. The van der Waals surface area contributed by atoms with Gasteiger partial charge in [-0.05, 0) is 54.2 Å². The Labute approximate surface area is 118 Å². The number of nitrogens with two attached hydrogens (primary N) is 1. The molecule has 18 heavy (non-hydrogen) atoms. The highest BCUT2D eigenvalue weighted by Crippen LogP contribution is 2.41. The van der Waals surface area contributed by atoms with E-state index >= 15 is 0 Å². The van der Waals surface area contributed by atoms with Gasteiger partial charge in [0.2, 0.25) is 0 Å². The molecule has 1 rings (SSSR count). The van der Waals surface area contributed by atoms with E-state index in [4.69, 9.17) is 15.2 Å². The molecule has 0 radical (unpaired) electrons. The minimum atomic E-state index is -0.247. The Kier molecular flexibility index (Phi) is 5.05. The standard InChI is InChI=1S/C14H22BrNO2/c1-6-10-9(8-14(2,3)16)7-11(15)13(18-5)12(10)17-4/h7H,6,8,16H2,1-5H3. The summed E-state index contributed by atoms with van der Waals surface area (Å²) in [5.74, 6) is 1.54. The largest absolute Gasteiger partial charge is 0.493 e. The van der Waals surface area contributed by atoms with E-state index in [9.17, 15) is 0 Å². The maximum absolute atomic E-state index is 6.12. The third kappa shape index (κ3) is 3.39. The zero-order valence-corrected chi connectivity index (χ0v) is 13.3.